The van der Waals surface area contributed by atoms with Crippen LogP contribution in [0.25, 0.3) is 0 Å². The van der Waals surface area contributed by atoms with Crippen molar-refractivity contribution in [3.05, 3.63) is 60.7 Å². The number of hydrogen-bond donors (Lipinski definition) is 1. The maximum Gasteiger partial charge on any atom is 0.306 e. The van der Waals surface area contributed by atoms with E-state index in [0.717, 1.165) is 19.3 Å². The van der Waals surface area contributed by atoms with Crippen LogP contribution >= 0.6 is 0 Å². The van der Waals surface area contributed by atoms with Gasteiger partial charge in [0.15, 0.2) is 6.29 Å². The maximum absolute atomic E-state index is 12.0. The summed E-state index contributed by atoms with van der Waals surface area (Å²) in [6.45, 7) is 16.4. The van der Waals surface area contributed by atoms with Gasteiger partial charge in [0, 0.05) is 12.8 Å². The van der Waals surface area contributed by atoms with Crippen molar-refractivity contribution < 1.29 is 28.5 Å². The number of esters is 1. The molecular formula is C33H50O6Si. The first-order valence-electron chi connectivity index (χ1n) is 14.7. The van der Waals surface area contributed by atoms with E-state index in [9.17, 15) is 9.90 Å². The maximum atomic E-state index is 12.0. The lowest BCUT2D eigenvalue weighted by Gasteiger charge is -2.48. The highest BCUT2D eigenvalue weighted by molar-refractivity contribution is 6.99. The second kappa shape index (κ2) is 13.8. The lowest BCUT2D eigenvalue weighted by atomic mass is 10.0. The molecule has 1 aliphatic heterocycles. The van der Waals surface area contributed by atoms with Gasteiger partial charge in [0.05, 0.1) is 18.3 Å². The van der Waals surface area contributed by atoms with Gasteiger partial charge < -0.3 is 23.7 Å². The second-order valence-corrected chi connectivity index (χ2v) is 17.4. The molecule has 0 saturated carbocycles. The summed E-state index contributed by atoms with van der Waals surface area (Å²) in [6, 6.07) is 21.1. The first-order valence-corrected chi connectivity index (χ1v) is 16.6. The summed E-state index contributed by atoms with van der Waals surface area (Å²) in [5, 5.41) is 13.4. The van der Waals surface area contributed by atoms with Gasteiger partial charge in [-0.05, 0) is 62.9 Å². The van der Waals surface area contributed by atoms with Crippen LogP contribution in [0, 0.1) is 0 Å². The molecule has 2 aromatic carbocycles. The number of benzene rings is 2. The Balaban J connectivity index is 1.66. The van der Waals surface area contributed by atoms with Crippen molar-refractivity contribution in [2.45, 2.75) is 129 Å². The number of carbonyl (C=O) groups is 1. The summed E-state index contributed by atoms with van der Waals surface area (Å²) in [4.78, 5) is 12.0. The Morgan fingerprint density at radius 2 is 1.52 bits per heavy atom. The van der Waals surface area contributed by atoms with Gasteiger partial charge in [-0.1, -0.05) is 87.9 Å². The van der Waals surface area contributed by atoms with E-state index >= 15 is 0 Å². The highest BCUT2D eigenvalue weighted by Crippen LogP contribution is 2.39. The molecule has 0 amide bonds. The molecule has 0 aromatic heterocycles. The molecule has 0 radical (unpaired) electrons. The Hall–Kier alpha value is -2.03. The zero-order valence-corrected chi connectivity index (χ0v) is 26.7. The average molecular weight is 571 g/mol. The fourth-order valence-corrected chi connectivity index (χ4v) is 10.3. The van der Waals surface area contributed by atoms with E-state index in [1.165, 1.54) is 10.4 Å². The Morgan fingerprint density at radius 3 is 2.02 bits per heavy atom. The summed E-state index contributed by atoms with van der Waals surface area (Å²) >= 11 is 0. The summed E-state index contributed by atoms with van der Waals surface area (Å²) in [5.41, 5.74) is -0.461. The van der Waals surface area contributed by atoms with Crippen LogP contribution in [0.15, 0.2) is 60.7 Å². The van der Waals surface area contributed by atoms with Crippen molar-refractivity contribution in [2.24, 2.45) is 0 Å². The van der Waals surface area contributed by atoms with Gasteiger partial charge in [0.2, 0.25) is 0 Å². The van der Waals surface area contributed by atoms with Crippen LogP contribution < -0.4 is 10.4 Å². The molecule has 1 heterocycles. The summed E-state index contributed by atoms with van der Waals surface area (Å²) in [7, 11) is -2.78. The predicted octanol–water partition coefficient (Wildman–Crippen LogP) is 5.73. The van der Waals surface area contributed by atoms with Gasteiger partial charge in [-0.3, -0.25) is 4.79 Å². The molecular weight excluding hydrogens is 520 g/mol. The number of unbranched alkanes of at least 4 members (excludes halogenated alkanes) is 1. The second-order valence-electron chi connectivity index (χ2n) is 13.1. The van der Waals surface area contributed by atoms with E-state index in [1.807, 2.05) is 46.8 Å². The Bertz CT molecular complexity index is 1010. The topological polar surface area (TPSA) is 74.2 Å². The van der Waals surface area contributed by atoms with Gasteiger partial charge in [-0.15, -0.1) is 0 Å². The smallest absolute Gasteiger partial charge is 0.306 e. The molecule has 0 spiro atoms. The minimum absolute atomic E-state index is 0.111. The van der Waals surface area contributed by atoms with Crippen molar-refractivity contribution in [2.75, 3.05) is 0 Å². The van der Waals surface area contributed by atoms with E-state index in [2.05, 4.69) is 69.3 Å². The minimum Gasteiger partial charge on any atom is -0.460 e. The number of carbonyl (C=O) groups excluding carboxylic acids is 1. The van der Waals surface area contributed by atoms with E-state index in [1.54, 1.807) is 0 Å². The quantitative estimate of drug-likeness (QED) is 0.211. The lowest BCUT2D eigenvalue weighted by Crippen LogP contribution is -2.69. The zero-order chi connectivity index (χ0) is 29.6. The molecule has 0 bridgehead atoms. The fraction of sp³-hybridized carbons (Fsp3) is 0.606. The van der Waals surface area contributed by atoms with Gasteiger partial charge in [0.25, 0.3) is 8.32 Å². The lowest BCUT2D eigenvalue weighted by molar-refractivity contribution is -0.271. The van der Waals surface area contributed by atoms with Crippen molar-refractivity contribution in [3.8, 4) is 0 Å². The van der Waals surface area contributed by atoms with Gasteiger partial charge >= 0.3 is 5.97 Å². The van der Waals surface area contributed by atoms with Gasteiger partial charge in [0.1, 0.15) is 11.7 Å². The van der Waals surface area contributed by atoms with Crippen LogP contribution in [0.5, 0.6) is 0 Å². The summed E-state index contributed by atoms with van der Waals surface area (Å²) in [5.74, 6) is -0.173. The van der Waals surface area contributed by atoms with Crippen molar-refractivity contribution in [1.82, 2.24) is 0 Å². The van der Waals surface area contributed by atoms with Crippen LogP contribution in [0.1, 0.15) is 87.5 Å². The van der Waals surface area contributed by atoms with E-state index in [-0.39, 0.29) is 29.3 Å². The molecule has 2 aromatic rings. The number of aliphatic hydroxyl groups excluding tert-OH is 1. The first-order chi connectivity index (χ1) is 18.7. The molecule has 1 aliphatic rings. The average Bonchev–Trinajstić information content (AvgIpc) is 2.87. The minimum atomic E-state index is -2.78. The first kappa shape index (κ1) is 32.5. The number of aliphatic hydroxyl groups is 1. The third kappa shape index (κ3) is 8.49. The standard InChI is InChI=1S/C33H50O6Si/c1-24(17-15-16-22-30(35)38-32(3,4)5)36-31-28(34)23-29(25(2)37-31)39-40(33(6,7)8,26-18-11-9-12-19-26)27-20-13-10-14-21-27/h9-14,18-21,24-25,28-29,31,34H,15-17,22-23H2,1-8H3/t24-,25+,28-,29-,31-/m1/s1. The van der Waals surface area contributed by atoms with Crippen LogP contribution in [0.3, 0.4) is 0 Å². The monoisotopic (exact) mass is 570 g/mol. The van der Waals surface area contributed by atoms with Gasteiger partial charge in [-0.2, -0.15) is 0 Å². The summed E-state index contributed by atoms with van der Waals surface area (Å²) in [6.07, 6.45) is 0.996. The van der Waals surface area contributed by atoms with E-state index in [4.69, 9.17) is 18.6 Å². The van der Waals surface area contributed by atoms with Gasteiger partial charge in [-0.25, -0.2) is 0 Å². The molecule has 3 rings (SSSR count). The fourth-order valence-electron chi connectivity index (χ4n) is 5.51. The van der Waals surface area contributed by atoms with Crippen LogP contribution in [-0.2, 0) is 23.4 Å². The SMILES string of the molecule is C[C@H](CCCCC(=O)OC(C)(C)C)O[C@@H]1O[C@@H](C)[C@H](O[Si](c2ccccc2)(c2ccccc2)C(C)(C)C)C[C@H]1O. The molecule has 1 saturated heterocycles. The molecule has 1 fully saturated rings. The van der Waals surface area contributed by atoms with Crippen LogP contribution in [0.4, 0.5) is 0 Å². The molecule has 0 unspecified atom stereocenters. The zero-order valence-electron chi connectivity index (χ0n) is 25.7. The highest BCUT2D eigenvalue weighted by Gasteiger charge is 2.53. The van der Waals surface area contributed by atoms with Crippen LogP contribution in [0.2, 0.25) is 5.04 Å². The molecule has 1 N–H and O–H groups in total. The Kier molecular flexibility index (Phi) is 11.2. The van der Waals surface area contributed by atoms with Crippen molar-refractivity contribution in [3.63, 3.8) is 0 Å². The van der Waals surface area contributed by atoms with Crippen LogP contribution in [-0.4, -0.2) is 55.7 Å². The van der Waals surface area contributed by atoms with Crippen molar-refractivity contribution >= 4 is 24.7 Å². The molecule has 0 aliphatic carbocycles. The normalized spacial score (nSPS) is 23.0. The number of rotatable bonds is 11. The Labute approximate surface area is 242 Å². The Morgan fingerprint density at radius 1 is 0.975 bits per heavy atom. The molecule has 7 heteroatoms. The largest absolute Gasteiger partial charge is 0.460 e. The molecule has 5 atom stereocenters. The highest BCUT2D eigenvalue weighted by atomic mass is 28.4. The number of hydrogen-bond acceptors (Lipinski definition) is 6. The third-order valence-electron chi connectivity index (χ3n) is 7.43. The van der Waals surface area contributed by atoms with Crippen molar-refractivity contribution in [1.29, 1.82) is 0 Å². The molecule has 222 valence electrons. The van der Waals surface area contributed by atoms with E-state index in [0.29, 0.717) is 12.8 Å². The number of ether oxygens (including phenoxy) is 3. The van der Waals surface area contributed by atoms with E-state index < -0.39 is 26.3 Å². The third-order valence-corrected chi connectivity index (χ3v) is 12.5. The summed E-state index contributed by atoms with van der Waals surface area (Å²) < 4.78 is 25.0. The molecule has 6 nitrogen and oxygen atoms in total. The predicted molar refractivity (Wildman–Crippen MR) is 162 cm³/mol. The molecule has 40 heavy (non-hydrogen) atoms.